The molecule has 106 valence electrons. The number of benzene rings is 2. The highest BCUT2D eigenvalue weighted by Gasteiger charge is 2.11. The van der Waals surface area contributed by atoms with E-state index in [1.807, 2.05) is 18.2 Å². The minimum Gasteiger partial charge on any atom is -0.495 e. The Kier molecular flexibility index (Phi) is 5.05. The van der Waals surface area contributed by atoms with Gasteiger partial charge >= 0.3 is 0 Å². The van der Waals surface area contributed by atoms with E-state index in [4.69, 9.17) is 4.74 Å². The van der Waals surface area contributed by atoms with Crippen LogP contribution in [0.1, 0.15) is 37.4 Å². The van der Waals surface area contributed by atoms with Crippen molar-refractivity contribution >= 4 is 5.69 Å². The van der Waals surface area contributed by atoms with Gasteiger partial charge in [-0.05, 0) is 36.1 Å². The average molecular weight is 269 g/mol. The molecule has 0 aromatic heterocycles. The summed E-state index contributed by atoms with van der Waals surface area (Å²) in [5.74, 6) is 0.885. The fourth-order valence-electron chi connectivity index (χ4n) is 2.36. The van der Waals surface area contributed by atoms with E-state index in [0.717, 1.165) is 24.3 Å². The smallest absolute Gasteiger partial charge is 0.141 e. The summed E-state index contributed by atoms with van der Waals surface area (Å²) in [6.45, 7) is 4.38. The van der Waals surface area contributed by atoms with Gasteiger partial charge in [0, 0.05) is 0 Å². The predicted molar refractivity (Wildman–Crippen MR) is 85.5 cm³/mol. The van der Waals surface area contributed by atoms with Gasteiger partial charge in [-0.15, -0.1) is 0 Å². The van der Waals surface area contributed by atoms with Gasteiger partial charge in [0.1, 0.15) is 5.75 Å². The Hall–Kier alpha value is -1.96. The van der Waals surface area contributed by atoms with Crippen LogP contribution in [-0.4, -0.2) is 7.11 Å². The zero-order valence-electron chi connectivity index (χ0n) is 12.5. The molecule has 2 rings (SSSR count). The fraction of sp³-hybridized carbons (Fsp3) is 0.333. The van der Waals surface area contributed by atoms with E-state index in [1.165, 1.54) is 11.1 Å². The molecule has 0 fully saturated rings. The van der Waals surface area contributed by atoms with E-state index in [1.54, 1.807) is 7.11 Å². The number of nitrogens with one attached hydrogen (secondary N) is 1. The molecule has 2 aromatic carbocycles. The van der Waals surface area contributed by atoms with Crippen molar-refractivity contribution in [2.24, 2.45) is 0 Å². The SMILES string of the molecule is CCc1ccc(C(CC)Nc2ccccc2OC)cc1. The van der Waals surface area contributed by atoms with Crippen LogP contribution in [0.3, 0.4) is 0 Å². The summed E-state index contributed by atoms with van der Waals surface area (Å²) in [6.07, 6.45) is 2.11. The maximum atomic E-state index is 5.40. The maximum absolute atomic E-state index is 5.40. The molecule has 0 saturated heterocycles. The first-order valence-corrected chi connectivity index (χ1v) is 7.26. The molecule has 0 aliphatic carbocycles. The Labute approximate surface area is 121 Å². The van der Waals surface area contributed by atoms with Crippen LogP contribution in [0.15, 0.2) is 48.5 Å². The third-order valence-corrected chi connectivity index (χ3v) is 3.64. The minimum absolute atomic E-state index is 0.303. The second-order valence-electron chi connectivity index (χ2n) is 4.90. The molecule has 0 aliphatic heterocycles. The third-order valence-electron chi connectivity index (χ3n) is 3.64. The number of aryl methyl sites for hydroxylation is 1. The minimum atomic E-state index is 0.303. The lowest BCUT2D eigenvalue weighted by atomic mass is 10.0. The maximum Gasteiger partial charge on any atom is 0.141 e. The van der Waals surface area contributed by atoms with Crippen molar-refractivity contribution in [1.29, 1.82) is 0 Å². The average Bonchev–Trinajstić information content (AvgIpc) is 2.53. The molecule has 2 nitrogen and oxygen atoms in total. The van der Waals surface area contributed by atoms with Crippen molar-refractivity contribution < 1.29 is 4.74 Å². The van der Waals surface area contributed by atoms with Gasteiger partial charge in [0.05, 0.1) is 18.8 Å². The third kappa shape index (κ3) is 3.32. The molecule has 0 saturated carbocycles. The number of anilines is 1. The molecule has 0 radical (unpaired) electrons. The van der Waals surface area contributed by atoms with Crippen molar-refractivity contribution in [1.82, 2.24) is 0 Å². The molecule has 0 heterocycles. The molecule has 1 N–H and O–H groups in total. The Morgan fingerprint density at radius 1 is 1.00 bits per heavy atom. The second-order valence-corrected chi connectivity index (χ2v) is 4.90. The number of ether oxygens (including phenoxy) is 1. The van der Waals surface area contributed by atoms with Crippen LogP contribution in [0.4, 0.5) is 5.69 Å². The van der Waals surface area contributed by atoms with E-state index >= 15 is 0 Å². The van der Waals surface area contributed by atoms with Gasteiger partial charge in [0.2, 0.25) is 0 Å². The van der Waals surface area contributed by atoms with Crippen molar-refractivity contribution in [3.05, 3.63) is 59.7 Å². The van der Waals surface area contributed by atoms with E-state index in [-0.39, 0.29) is 0 Å². The van der Waals surface area contributed by atoms with Crippen LogP contribution in [0.2, 0.25) is 0 Å². The Morgan fingerprint density at radius 3 is 2.30 bits per heavy atom. The lowest BCUT2D eigenvalue weighted by molar-refractivity contribution is 0.416. The summed E-state index contributed by atoms with van der Waals surface area (Å²) in [5.41, 5.74) is 3.73. The molecule has 0 spiro atoms. The zero-order chi connectivity index (χ0) is 14.4. The van der Waals surface area contributed by atoms with Crippen LogP contribution in [0.25, 0.3) is 0 Å². The summed E-state index contributed by atoms with van der Waals surface area (Å²) in [7, 11) is 1.71. The van der Waals surface area contributed by atoms with Gasteiger partial charge < -0.3 is 10.1 Å². The van der Waals surface area contributed by atoms with Crippen LogP contribution < -0.4 is 10.1 Å². The molecule has 20 heavy (non-hydrogen) atoms. The van der Waals surface area contributed by atoms with E-state index in [2.05, 4.69) is 49.5 Å². The summed E-state index contributed by atoms with van der Waals surface area (Å²) in [6, 6.07) is 17.2. The quantitative estimate of drug-likeness (QED) is 0.811. The predicted octanol–water partition coefficient (Wildman–Crippen LogP) is 4.82. The first-order chi connectivity index (χ1) is 9.78. The highest BCUT2D eigenvalue weighted by Crippen LogP contribution is 2.29. The number of hydrogen-bond acceptors (Lipinski definition) is 2. The van der Waals surface area contributed by atoms with Crippen molar-refractivity contribution in [2.75, 3.05) is 12.4 Å². The number of rotatable bonds is 6. The molecule has 2 heteroatoms. The topological polar surface area (TPSA) is 21.3 Å². The number of methoxy groups -OCH3 is 1. The number of para-hydroxylation sites is 2. The van der Waals surface area contributed by atoms with Crippen LogP contribution >= 0.6 is 0 Å². The summed E-state index contributed by atoms with van der Waals surface area (Å²) in [4.78, 5) is 0. The van der Waals surface area contributed by atoms with Gasteiger partial charge in [-0.25, -0.2) is 0 Å². The summed E-state index contributed by atoms with van der Waals surface area (Å²) >= 11 is 0. The summed E-state index contributed by atoms with van der Waals surface area (Å²) in [5, 5.41) is 3.58. The zero-order valence-corrected chi connectivity index (χ0v) is 12.5. The van der Waals surface area contributed by atoms with Crippen LogP contribution in [0.5, 0.6) is 5.75 Å². The normalized spacial score (nSPS) is 11.9. The molecule has 1 atom stereocenters. The van der Waals surface area contributed by atoms with Crippen LogP contribution in [-0.2, 0) is 6.42 Å². The fourth-order valence-corrected chi connectivity index (χ4v) is 2.36. The monoisotopic (exact) mass is 269 g/mol. The Bertz CT molecular complexity index is 533. The molecular weight excluding hydrogens is 246 g/mol. The lowest BCUT2D eigenvalue weighted by Crippen LogP contribution is -2.10. The van der Waals surface area contributed by atoms with Gasteiger partial charge in [-0.2, -0.15) is 0 Å². The molecular formula is C18H23NO. The molecule has 1 unspecified atom stereocenters. The van der Waals surface area contributed by atoms with Crippen molar-refractivity contribution in [3.8, 4) is 5.75 Å². The number of hydrogen-bond donors (Lipinski definition) is 1. The standard InChI is InChI=1S/C18H23NO/c1-4-14-10-12-15(13-11-14)16(5-2)19-17-8-6-7-9-18(17)20-3/h6-13,16,19H,4-5H2,1-3H3. The summed E-state index contributed by atoms with van der Waals surface area (Å²) < 4.78 is 5.40. The van der Waals surface area contributed by atoms with E-state index in [9.17, 15) is 0 Å². The molecule has 0 bridgehead atoms. The first kappa shape index (κ1) is 14.4. The highest BCUT2D eigenvalue weighted by atomic mass is 16.5. The Morgan fingerprint density at radius 2 is 1.70 bits per heavy atom. The van der Waals surface area contributed by atoms with Crippen LogP contribution in [0, 0.1) is 0 Å². The van der Waals surface area contributed by atoms with E-state index < -0.39 is 0 Å². The van der Waals surface area contributed by atoms with Gasteiger partial charge in [-0.3, -0.25) is 0 Å². The van der Waals surface area contributed by atoms with Crippen molar-refractivity contribution in [3.63, 3.8) is 0 Å². The van der Waals surface area contributed by atoms with Crippen molar-refractivity contribution in [2.45, 2.75) is 32.7 Å². The van der Waals surface area contributed by atoms with E-state index in [0.29, 0.717) is 6.04 Å². The first-order valence-electron chi connectivity index (χ1n) is 7.26. The van der Waals surface area contributed by atoms with Gasteiger partial charge in [0.15, 0.2) is 0 Å². The van der Waals surface area contributed by atoms with Gasteiger partial charge in [0.25, 0.3) is 0 Å². The lowest BCUT2D eigenvalue weighted by Gasteiger charge is -2.20. The largest absolute Gasteiger partial charge is 0.495 e. The van der Waals surface area contributed by atoms with Gasteiger partial charge in [-0.1, -0.05) is 50.2 Å². The Balaban J connectivity index is 2.19. The highest BCUT2D eigenvalue weighted by molar-refractivity contribution is 5.57. The molecule has 0 aliphatic rings. The second kappa shape index (κ2) is 6.99. The molecule has 2 aromatic rings. The molecule has 0 amide bonds.